The van der Waals surface area contributed by atoms with Crippen molar-refractivity contribution in [3.8, 4) is 11.5 Å². The van der Waals surface area contributed by atoms with Crippen LogP contribution < -0.4 is 14.8 Å². The first-order valence-corrected chi connectivity index (χ1v) is 7.78. The third-order valence-electron chi connectivity index (χ3n) is 3.21. The predicted molar refractivity (Wildman–Crippen MR) is 87.2 cm³/mol. The molecular formula is C16H11F3N2O3S. The Bertz CT molecular complexity index is 930. The Kier molecular flexibility index (Phi) is 4.75. The van der Waals surface area contributed by atoms with E-state index in [1.54, 1.807) is 0 Å². The second kappa shape index (κ2) is 6.98. The van der Waals surface area contributed by atoms with E-state index >= 15 is 0 Å². The monoisotopic (exact) mass is 368 g/mol. The molecule has 0 saturated carbocycles. The summed E-state index contributed by atoms with van der Waals surface area (Å²) in [5.41, 5.74) is 0.726. The van der Waals surface area contributed by atoms with Crippen molar-refractivity contribution in [1.29, 1.82) is 0 Å². The van der Waals surface area contributed by atoms with Crippen molar-refractivity contribution >= 4 is 32.6 Å². The molecule has 2 aromatic carbocycles. The Hall–Kier alpha value is -2.81. The van der Waals surface area contributed by atoms with Gasteiger partial charge in [0, 0.05) is 5.56 Å². The number of nitrogens with zero attached hydrogens (tertiary/aromatic N) is 1. The fraction of sp³-hybridized carbons (Fsp3) is 0.125. The molecule has 1 N–H and O–H groups in total. The van der Waals surface area contributed by atoms with E-state index in [2.05, 4.69) is 15.0 Å². The van der Waals surface area contributed by atoms with Gasteiger partial charge in [-0.05, 0) is 36.4 Å². The molecule has 0 aliphatic heterocycles. The molecule has 1 heterocycles. The van der Waals surface area contributed by atoms with Crippen LogP contribution in [-0.2, 0) is 0 Å². The van der Waals surface area contributed by atoms with Crippen LogP contribution in [0.25, 0.3) is 10.2 Å². The van der Waals surface area contributed by atoms with Gasteiger partial charge >= 0.3 is 6.61 Å². The van der Waals surface area contributed by atoms with E-state index in [-0.39, 0.29) is 22.2 Å². The number of alkyl halides is 2. The zero-order chi connectivity index (χ0) is 18.0. The lowest BCUT2D eigenvalue weighted by molar-refractivity contribution is -0.0512. The number of thiazole rings is 1. The van der Waals surface area contributed by atoms with E-state index < -0.39 is 18.3 Å². The number of halogens is 3. The summed E-state index contributed by atoms with van der Waals surface area (Å²) in [6.07, 6.45) is 0. The topological polar surface area (TPSA) is 60.5 Å². The van der Waals surface area contributed by atoms with Crippen LogP contribution in [0.15, 0.2) is 36.4 Å². The summed E-state index contributed by atoms with van der Waals surface area (Å²) >= 11 is 1.12. The van der Waals surface area contributed by atoms with Gasteiger partial charge in [0.15, 0.2) is 16.6 Å². The van der Waals surface area contributed by atoms with Gasteiger partial charge < -0.3 is 9.47 Å². The Morgan fingerprint density at radius 3 is 2.72 bits per heavy atom. The molecule has 25 heavy (non-hydrogen) atoms. The number of hydrogen-bond donors (Lipinski definition) is 1. The third-order valence-corrected chi connectivity index (χ3v) is 4.15. The summed E-state index contributed by atoms with van der Waals surface area (Å²) < 4.78 is 47.7. The molecule has 0 atom stereocenters. The molecule has 5 nitrogen and oxygen atoms in total. The SMILES string of the molecule is COc1cc(C(=O)Nc2nc3ccc(F)cc3s2)ccc1OC(F)F. The zero-order valence-electron chi connectivity index (χ0n) is 12.8. The van der Waals surface area contributed by atoms with E-state index in [9.17, 15) is 18.0 Å². The smallest absolute Gasteiger partial charge is 0.387 e. The predicted octanol–water partition coefficient (Wildman–Crippen LogP) is 4.30. The molecule has 0 aliphatic carbocycles. The number of methoxy groups -OCH3 is 1. The number of carbonyl (C=O) groups is 1. The number of benzene rings is 2. The molecule has 0 saturated heterocycles. The zero-order valence-corrected chi connectivity index (χ0v) is 13.6. The molecule has 1 aromatic heterocycles. The van der Waals surface area contributed by atoms with Gasteiger partial charge in [-0.25, -0.2) is 9.37 Å². The Labute approximate surface area is 144 Å². The van der Waals surface area contributed by atoms with E-state index in [1.807, 2.05) is 0 Å². The molecule has 9 heteroatoms. The maximum Gasteiger partial charge on any atom is 0.387 e. The summed E-state index contributed by atoms with van der Waals surface area (Å²) in [6, 6.07) is 7.93. The standard InChI is InChI=1S/C16H11F3N2O3S/c1-23-12-6-8(2-5-11(12)24-15(18)19)14(22)21-16-20-10-4-3-9(17)7-13(10)25-16/h2-7,15H,1H3,(H,20,21,22). The number of fused-ring (bicyclic) bond motifs is 1. The van der Waals surface area contributed by atoms with Crippen molar-refractivity contribution < 1.29 is 27.4 Å². The normalized spacial score (nSPS) is 10.9. The number of anilines is 1. The minimum atomic E-state index is -3.00. The van der Waals surface area contributed by atoms with E-state index in [1.165, 1.54) is 43.5 Å². The highest BCUT2D eigenvalue weighted by atomic mass is 32.1. The average molecular weight is 368 g/mol. The first kappa shape index (κ1) is 17.0. The van der Waals surface area contributed by atoms with E-state index in [4.69, 9.17) is 4.74 Å². The van der Waals surface area contributed by atoms with Crippen LogP contribution in [-0.4, -0.2) is 24.6 Å². The first-order chi connectivity index (χ1) is 12.0. The number of carbonyl (C=O) groups excluding carboxylic acids is 1. The van der Waals surface area contributed by atoms with Crippen LogP contribution in [0.2, 0.25) is 0 Å². The van der Waals surface area contributed by atoms with Crippen molar-refractivity contribution in [1.82, 2.24) is 4.98 Å². The molecular weight excluding hydrogens is 357 g/mol. The fourth-order valence-electron chi connectivity index (χ4n) is 2.12. The molecule has 0 spiro atoms. The van der Waals surface area contributed by atoms with Crippen molar-refractivity contribution in [2.45, 2.75) is 6.61 Å². The minimum Gasteiger partial charge on any atom is -0.493 e. The molecule has 0 unspecified atom stereocenters. The summed E-state index contributed by atoms with van der Waals surface area (Å²) in [4.78, 5) is 16.5. The minimum absolute atomic E-state index is 0.000629. The van der Waals surface area contributed by atoms with E-state index in [0.29, 0.717) is 10.2 Å². The molecule has 0 radical (unpaired) electrons. The van der Waals surface area contributed by atoms with Gasteiger partial charge in [0.1, 0.15) is 5.82 Å². The highest BCUT2D eigenvalue weighted by Crippen LogP contribution is 2.31. The Morgan fingerprint density at radius 2 is 2.00 bits per heavy atom. The molecule has 1 amide bonds. The van der Waals surface area contributed by atoms with Crippen LogP contribution in [0.4, 0.5) is 18.3 Å². The van der Waals surface area contributed by atoms with Gasteiger partial charge in [0.05, 0.1) is 17.3 Å². The summed E-state index contributed by atoms with van der Waals surface area (Å²) in [6.45, 7) is -3.00. The van der Waals surface area contributed by atoms with Crippen LogP contribution in [0.1, 0.15) is 10.4 Å². The first-order valence-electron chi connectivity index (χ1n) is 6.96. The van der Waals surface area contributed by atoms with Crippen LogP contribution in [0.5, 0.6) is 11.5 Å². The number of amides is 1. The van der Waals surface area contributed by atoms with Crippen molar-refractivity contribution in [3.63, 3.8) is 0 Å². The molecule has 0 aliphatic rings. The van der Waals surface area contributed by atoms with Crippen molar-refractivity contribution in [2.75, 3.05) is 12.4 Å². The molecule has 0 bridgehead atoms. The number of aromatic nitrogens is 1. The highest BCUT2D eigenvalue weighted by molar-refractivity contribution is 7.22. The lowest BCUT2D eigenvalue weighted by Gasteiger charge is -2.11. The lowest BCUT2D eigenvalue weighted by Crippen LogP contribution is -2.12. The maximum atomic E-state index is 13.2. The van der Waals surface area contributed by atoms with Gasteiger partial charge in [-0.2, -0.15) is 8.78 Å². The van der Waals surface area contributed by atoms with Crippen molar-refractivity contribution in [2.24, 2.45) is 0 Å². The number of rotatable bonds is 5. The summed E-state index contributed by atoms with van der Waals surface area (Å²) in [5, 5.41) is 2.87. The maximum absolute atomic E-state index is 13.2. The van der Waals surface area contributed by atoms with Gasteiger partial charge in [-0.15, -0.1) is 0 Å². The van der Waals surface area contributed by atoms with Gasteiger partial charge in [-0.3, -0.25) is 10.1 Å². The molecule has 3 aromatic rings. The molecule has 130 valence electrons. The highest BCUT2D eigenvalue weighted by Gasteiger charge is 2.15. The second-order valence-electron chi connectivity index (χ2n) is 4.83. The van der Waals surface area contributed by atoms with Gasteiger partial charge in [0.2, 0.25) is 0 Å². The number of hydrogen-bond acceptors (Lipinski definition) is 5. The number of ether oxygens (including phenoxy) is 2. The van der Waals surface area contributed by atoms with E-state index in [0.717, 1.165) is 11.3 Å². The van der Waals surface area contributed by atoms with Crippen LogP contribution in [0.3, 0.4) is 0 Å². The van der Waals surface area contributed by atoms with Crippen molar-refractivity contribution in [3.05, 3.63) is 47.8 Å². The van der Waals surface area contributed by atoms with Crippen LogP contribution in [0, 0.1) is 5.82 Å². The van der Waals surface area contributed by atoms with Gasteiger partial charge in [0.25, 0.3) is 5.91 Å². The van der Waals surface area contributed by atoms with Crippen LogP contribution >= 0.6 is 11.3 Å². The average Bonchev–Trinajstić information content (AvgIpc) is 2.95. The molecule has 0 fully saturated rings. The fourth-order valence-corrected chi connectivity index (χ4v) is 3.01. The third kappa shape index (κ3) is 3.82. The molecule has 3 rings (SSSR count). The lowest BCUT2D eigenvalue weighted by atomic mass is 10.2. The Balaban J connectivity index is 1.82. The second-order valence-corrected chi connectivity index (χ2v) is 5.86. The largest absolute Gasteiger partial charge is 0.493 e. The Morgan fingerprint density at radius 1 is 1.20 bits per heavy atom. The summed E-state index contributed by atoms with van der Waals surface area (Å²) in [7, 11) is 1.28. The summed E-state index contributed by atoms with van der Waals surface area (Å²) in [5.74, 6) is -1.08. The quantitative estimate of drug-likeness (QED) is 0.730. The van der Waals surface area contributed by atoms with Gasteiger partial charge in [-0.1, -0.05) is 11.3 Å². The number of nitrogens with one attached hydrogen (secondary N) is 1.